The van der Waals surface area contributed by atoms with Crippen LogP contribution in [0.5, 0.6) is 0 Å². The summed E-state index contributed by atoms with van der Waals surface area (Å²) >= 11 is 0. The van der Waals surface area contributed by atoms with E-state index in [9.17, 15) is 0 Å². The lowest BCUT2D eigenvalue weighted by Gasteiger charge is -2.16. The molecule has 3 heterocycles. The molecular formula is C57H37N5. The van der Waals surface area contributed by atoms with Gasteiger partial charge in [0.2, 0.25) is 0 Å². The Morgan fingerprint density at radius 2 is 0.758 bits per heavy atom. The van der Waals surface area contributed by atoms with Crippen LogP contribution in [0.25, 0.3) is 111 Å². The van der Waals surface area contributed by atoms with Crippen molar-refractivity contribution in [2.24, 2.45) is 0 Å². The molecule has 0 aliphatic carbocycles. The van der Waals surface area contributed by atoms with E-state index in [0.29, 0.717) is 17.5 Å². The van der Waals surface area contributed by atoms with Gasteiger partial charge in [0.25, 0.3) is 0 Å². The molecule has 0 atom stereocenters. The molecule has 290 valence electrons. The highest BCUT2D eigenvalue weighted by Gasteiger charge is 2.23. The third-order valence-electron chi connectivity index (χ3n) is 12.0. The fourth-order valence-electron chi connectivity index (χ4n) is 9.12. The van der Waals surface area contributed by atoms with Crippen molar-refractivity contribution in [3.05, 3.63) is 224 Å². The van der Waals surface area contributed by atoms with E-state index < -0.39 is 0 Å². The van der Waals surface area contributed by atoms with E-state index in [0.717, 1.165) is 44.6 Å². The van der Waals surface area contributed by atoms with Crippen molar-refractivity contribution in [3.8, 4) is 67.8 Å². The van der Waals surface area contributed by atoms with Crippen LogP contribution in [0.15, 0.2) is 224 Å². The minimum Gasteiger partial charge on any atom is -0.309 e. The fourth-order valence-corrected chi connectivity index (χ4v) is 9.12. The van der Waals surface area contributed by atoms with Gasteiger partial charge in [-0.05, 0) is 65.2 Å². The van der Waals surface area contributed by atoms with Gasteiger partial charge in [0.15, 0.2) is 17.5 Å². The van der Waals surface area contributed by atoms with Gasteiger partial charge in [-0.2, -0.15) is 0 Å². The SMILES string of the molecule is c1ccc(-c2ccc(-c3ccccc3)c(-n3c4ccccc4c4c3ccc3c5ccccc5n(-c5ccc(-c6nc(-c7ccccc7)nc(-c7ccccc7)n6)cc5)c34)c2)cc1. The molecule has 62 heavy (non-hydrogen) atoms. The summed E-state index contributed by atoms with van der Waals surface area (Å²) in [4.78, 5) is 15.0. The quantitative estimate of drug-likeness (QED) is 0.162. The first-order valence-corrected chi connectivity index (χ1v) is 21.0. The Kier molecular flexibility index (Phi) is 8.42. The highest BCUT2D eigenvalue weighted by molar-refractivity contribution is 6.26. The van der Waals surface area contributed by atoms with Crippen LogP contribution in [0.4, 0.5) is 0 Å². The van der Waals surface area contributed by atoms with Crippen LogP contribution in [-0.4, -0.2) is 24.1 Å². The molecule has 5 nitrogen and oxygen atoms in total. The van der Waals surface area contributed by atoms with E-state index in [1.807, 2.05) is 60.7 Å². The number of benzene rings is 9. The highest BCUT2D eigenvalue weighted by atomic mass is 15.0. The minimum absolute atomic E-state index is 0.629. The molecule has 0 unspecified atom stereocenters. The van der Waals surface area contributed by atoms with E-state index in [1.165, 1.54) is 49.3 Å². The lowest BCUT2D eigenvalue weighted by molar-refractivity contribution is 1.07. The Labute approximate surface area is 358 Å². The monoisotopic (exact) mass is 791 g/mol. The number of nitrogens with zero attached hydrogens (tertiary/aromatic N) is 5. The lowest BCUT2D eigenvalue weighted by Crippen LogP contribution is -2.00. The summed E-state index contributed by atoms with van der Waals surface area (Å²) in [7, 11) is 0. The molecule has 0 radical (unpaired) electrons. The summed E-state index contributed by atoms with van der Waals surface area (Å²) < 4.78 is 4.91. The minimum atomic E-state index is 0.629. The number of para-hydroxylation sites is 2. The Balaban J connectivity index is 1.09. The van der Waals surface area contributed by atoms with Gasteiger partial charge >= 0.3 is 0 Å². The van der Waals surface area contributed by atoms with Crippen molar-refractivity contribution in [1.82, 2.24) is 24.1 Å². The van der Waals surface area contributed by atoms with Crippen LogP contribution >= 0.6 is 0 Å². The number of rotatable bonds is 7. The zero-order valence-corrected chi connectivity index (χ0v) is 33.6. The van der Waals surface area contributed by atoms with Crippen molar-refractivity contribution in [2.75, 3.05) is 0 Å². The maximum atomic E-state index is 5.02. The number of aromatic nitrogens is 5. The maximum Gasteiger partial charge on any atom is 0.164 e. The second kappa shape index (κ2) is 14.7. The topological polar surface area (TPSA) is 48.5 Å². The molecular weight excluding hydrogens is 755 g/mol. The summed E-state index contributed by atoms with van der Waals surface area (Å²) in [6.07, 6.45) is 0. The molecule has 0 N–H and O–H groups in total. The van der Waals surface area contributed by atoms with Crippen LogP contribution < -0.4 is 0 Å². The van der Waals surface area contributed by atoms with Gasteiger partial charge in [-0.3, -0.25) is 0 Å². The second-order valence-corrected chi connectivity index (χ2v) is 15.6. The lowest BCUT2D eigenvalue weighted by atomic mass is 9.98. The summed E-state index contributed by atoms with van der Waals surface area (Å²) in [5.74, 6) is 1.91. The number of hydrogen-bond donors (Lipinski definition) is 0. The zero-order chi connectivity index (χ0) is 41.0. The second-order valence-electron chi connectivity index (χ2n) is 15.6. The van der Waals surface area contributed by atoms with Gasteiger partial charge in [0, 0.05) is 49.5 Å². The molecule has 0 amide bonds. The molecule has 0 aliphatic rings. The molecule has 0 saturated heterocycles. The van der Waals surface area contributed by atoms with Crippen LogP contribution in [-0.2, 0) is 0 Å². The molecule has 12 aromatic rings. The third-order valence-corrected chi connectivity index (χ3v) is 12.0. The molecule has 12 rings (SSSR count). The largest absolute Gasteiger partial charge is 0.309 e. The molecule has 0 fully saturated rings. The maximum absolute atomic E-state index is 5.02. The Hall–Kier alpha value is -8.41. The van der Waals surface area contributed by atoms with E-state index in [2.05, 4.69) is 173 Å². The van der Waals surface area contributed by atoms with Gasteiger partial charge in [0.1, 0.15) is 0 Å². The first kappa shape index (κ1) is 35.5. The van der Waals surface area contributed by atoms with Crippen molar-refractivity contribution in [3.63, 3.8) is 0 Å². The van der Waals surface area contributed by atoms with Gasteiger partial charge in [0.05, 0.1) is 27.8 Å². The van der Waals surface area contributed by atoms with E-state index in [-0.39, 0.29) is 0 Å². The van der Waals surface area contributed by atoms with Crippen molar-refractivity contribution < 1.29 is 0 Å². The van der Waals surface area contributed by atoms with Crippen LogP contribution in [0.2, 0.25) is 0 Å². The smallest absolute Gasteiger partial charge is 0.164 e. The molecule has 9 aromatic carbocycles. The summed E-state index contributed by atoms with van der Waals surface area (Å²) in [6.45, 7) is 0. The predicted molar refractivity (Wildman–Crippen MR) is 256 cm³/mol. The molecule has 0 bridgehead atoms. The van der Waals surface area contributed by atoms with E-state index >= 15 is 0 Å². The van der Waals surface area contributed by atoms with Gasteiger partial charge in [-0.1, -0.05) is 176 Å². The average molecular weight is 792 g/mol. The van der Waals surface area contributed by atoms with Crippen molar-refractivity contribution in [1.29, 1.82) is 0 Å². The summed E-state index contributed by atoms with van der Waals surface area (Å²) in [6, 6.07) is 79.4. The first-order chi connectivity index (χ1) is 30.8. The number of hydrogen-bond acceptors (Lipinski definition) is 3. The Bertz CT molecular complexity index is 3540. The van der Waals surface area contributed by atoms with E-state index in [1.54, 1.807) is 0 Å². The molecule has 0 aliphatic heterocycles. The number of fused-ring (bicyclic) bond motifs is 7. The first-order valence-electron chi connectivity index (χ1n) is 21.0. The Morgan fingerprint density at radius 3 is 1.35 bits per heavy atom. The summed E-state index contributed by atoms with van der Waals surface area (Å²) in [5.41, 5.74) is 14.3. The molecule has 5 heteroatoms. The van der Waals surface area contributed by atoms with Crippen LogP contribution in [0.3, 0.4) is 0 Å². The van der Waals surface area contributed by atoms with Crippen LogP contribution in [0, 0.1) is 0 Å². The van der Waals surface area contributed by atoms with Crippen LogP contribution in [0.1, 0.15) is 0 Å². The van der Waals surface area contributed by atoms with Gasteiger partial charge < -0.3 is 9.13 Å². The average Bonchev–Trinajstić information content (AvgIpc) is 3.88. The molecule has 0 spiro atoms. The molecule has 3 aromatic heterocycles. The third kappa shape index (κ3) is 5.90. The molecule has 0 saturated carbocycles. The zero-order valence-electron chi connectivity index (χ0n) is 33.6. The fraction of sp³-hybridized carbons (Fsp3) is 0. The predicted octanol–water partition coefficient (Wildman–Crippen LogP) is 14.4. The summed E-state index contributed by atoms with van der Waals surface area (Å²) in [5, 5.41) is 4.82. The Morgan fingerprint density at radius 1 is 0.290 bits per heavy atom. The van der Waals surface area contributed by atoms with Crippen molar-refractivity contribution >= 4 is 43.6 Å². The van der Waals surface area contributed by atoms with Gasteiger partial charge in [-0.25, -0.2) is 15.0 Å². The standard InChI is InChI=1S/C57H37N5/c1-5-17-38(18-6-1)43-31-34-45(39-19-7-2-8-20-39)52(37-43)62-50-28-16-14-26-48(50)53-51(62)36-35-47-46-25-13-15-27-49(46)61(54(47)53)44-32-29-42(30-33-44)57-59-55(40-21-9-3-10-22-40)58-56(60-57)41-23-11-4-12-24-41/h1-37H. The van der Waals surface area contributed by atoms with Crippen molar-refractivity contribution in [2.45, 2.75) is 0 Å². The van der Waals surface area contributed by atoms with E-state index in [4.69, 9.17) is 15.0 Å². The normalized spacial score (nSPS) is 11.5. The van der Waals surface area contributed by atoms with Gasteiger partial charge in [-0.15, -0.1) is 0 Å². The highest BCUT2D eigenvalue weighted by Crippen LogP contribution is 2.44.